The molecule has 92 valence electrons. The Labute approximate surface area is 109 Å². The van der Waals surface area contributed by atoms with Gasteiger partial charge in [0.1, 0.15) is 0 Å². The quantitative estimate of drug-likeness (QED) is 0.888. The fourth-order valence-corrected chi connectivity index (χ4v) is 1.98. The Morgan fingerprint density at radius 2 is 2.06 bits per heavy atom. The molecule has 1 unspecified atom stereocenters. The summed E-state index contributed by atoms with van der Waals surface area (Å²) in [4.78, 5) is 21.7. The van der Waals surface area contributed by atoms with Crippen molar-refractivity contribution in [2.24, 2.45) is 0 Å². The average Bonchev–Trinajstić information content (AvgIpc) is 2.14. The molecular formula is C11H11Cl2NO3. The molecule has 4 nitrogen and oxygen atoms in total. The number of carboxylic acid groups (broad SMARTS) is 1. The van der Waals surface area contributed by atoms with Crippen LogP contribution < -0.4 is 5.32 Å². The van der Waals surface area contributed by atoms with Crippen LogP contribution in [0.2, 0.25) is 10.0 Å². The van der Waals surface area contributed by atoms with E-state index in [1.54, 1.807) is 12.1 Å². The maximum absolute atomic E-state index is 11.0. The number of hydrogen-bond donors (Lipinski definition) is 2. The maximum Gasteiger partial charge on any atom is 0.305 e. The lowest BCUT2D eigenvalue weighted by atomic mass is 10.0. The van der Waals surface area contributed by atoms with Crippen molar-refractivity contribution >= 4 is 35.1 Å². The second kappa shape index (κ2) is 5.89. The largest absolute Gasteiger partial charge is 0.481 e. The van der Waals surface area contributed by atoms with Crippen LogP contribution in [0.1, 0.15) is 24.9 Å². The number of carbonyl (C=O) groups excluding carboxylic acids is 1. The van der Waals surface area contributed by atoms with Gasteiger partial charge >= 0.3 is 5.97 Å². The first-order chi connectivity index (χ1) is 7.90. The van der Waals surface area contributed by atoms with Crippen molar-refractivity contribution in [1.29, 1.82) is 0 Å². The predicted molar refractivity (Wildman–Crippen MR) is 65.3 cm³/mol. The molecule has 0 radical (unpaired) electrons. The van der Waals surface area contributed by atoms with Gasteiger partial charge in [-0.2, -0.15) is 0 Å². The molecule has 0 aliphatic rings. The van der Waals surface area contributed by atoms with Crippen LogP contribution in [-0.4, -0.2) is 17.0 Å². The molecule has 0 fully saturated rings. The summed E-state index contributed by atoms with van der Waals surface area (Å²) in [5.74, 6) is -1.34. The molecule has 1 atom stereocenters. The average molecular weight is 276 g/mol. The lowest BCUT2D eigenvalue weighted by Crippen LogP contribution is -2.28. The molecule has 1 rings (SSSR count). The van der Waals surface area contributed by atoms with Crippen molar-refractivity contribution in [1.82, 2.24) is 5.32 Å². The van der Waals surface area contributed by atoms with Crippen molar-refractivity contribution in [2.45, 2.75) is 19.4 Å². The van der Waals surface area contributed by atoms with Crippen molar-refractivity contribution in [3.05, 3.63) is 33.8 Å². The van der Waals surface area contributed by atoms with Gasteiger partial charge < -0.3 is 10.4 Å². The van der Waals surface area contributed by atoms with Crippen LogP contribution in [-0.2, 0) is 9.59 Å². The Hall–Kier alpha value is -1.26. The molecule has 2 N–H and O–H groups in total. The van der Waals surface area contributed by atoms with Gasteiger partial charge in [0.05, 0.1) is 12.5 Å². The summed E-state index contributed by atoms with van der Waals surface area (Å²) in [7, 11) is 0. The van der Waals surface area contributed by atoms with Gasteiger partial charge in [0.25, 0.3) is 0 Å². The minimum absolute atomic E-state index is 0.235. The standard InChI is InChI=1S/C11H11Cl2NO3/c1-6(15)14-10(5-11(16)17)8-3-2-7(12)4-9(8)13/h2-4,10H,5H2,1H3,(H,14,15)(H,16,17). The molecule has 0 spiro atoms. The zero-order chi connectivity index (χ0) is 13.0. The molecular weight excluding hydrogens is 265 g/mol. The fraction of sp³-hybridized carbons (Fsp3) is 0.273. The van der Waals surface area contributed by atoms with Gasteiger partial charge in [0, 0.05) is 17.0 Å². The van der Waals surface area contributed by atoms with Crippen molar-refractivity contribution in [3.63, 3.8) is 0 Å². The van der Waals surface area contributed by atoms with E-state index in [0.717, 1.165) is 0 Å². The lowest BCUT2D eigenvalue weighted by molar-refractivity contribution is -0.137. The molecule has 1 aromatic rings. The minimum Gasteiger partial charge on any atom is -0.481 e. The second-order valence-corrected chi connectivity index (χ2v) is 4.36. The maximum atomic E-state index is 11.0. The van der Waals surface area contributed by atoms with E-state index in [4.69, 9.17) is 28.3 Å². The molecule has 0 heterocycles. The number of rotatable bonds is 4. The number of halogens is 2. The van der Waals surface area contributed by atoms with E-state index in [0.29, 0.717) is 15.6 Å². The predicted octanol–water partition coefficient (Wildman–Crippen LogP) is 2.65. The fourth-order valence-electron chi connectivity index (χ4n) is 1.44. The number of carbonyl (C=O) groups is 2. The minimum atomic E-state index is -1.02. The Bertz CT molecular complexity index is 432. The molecule has 0 saturated carbocycles. The third-order valence-corrected chi connectivity index (χ3v) is 2.66. The smallest absolute Gasteiger partial charge is 0.305 e. The lowest BCUT2D eigenvalue weighted by Gasteiger charge is -2.17. The Morgan fingerprint density at radius 3 is 2.53 bits per heavy atom. The van der Waals surface area contributed by atoms with Gasteiger partial charge in [-0.1, -0.05) is 29.3 Å². The van der Waals surface area contributed by atoms with Gasteiger partial charge in [-0.05, 0) is 17.7 Å². The first-order valence-electron chi connectivity index (χ1n) is 4.84. The molecule has 0 saturated heterocycles. The van der Waals surface area contributed by atoms with Gasteiger partial charge in [-0.3, -0.25) is 9.59 Å². The zero-order valence-electron chi connectivity index (χ0n) is 9.04. The van der Waals surface area contributed by atoms with Crippen molar-refractivity contribution in [3.8, 4) is 0 Å². The Kier molecular flexibility index (Phi) is 4.78. The van der Waals surface area contributed by atoms with Crippen molar-refractivity contribution < 1.29 is 14.7 Å². The van der Waals surface area contributed by atoms with Gasteiger partial charge in [-0.25, -0.2) is 0 Å². The number of nitrogens with one attached hydrogen (secondary N) is 1. The summed E-state index contributed by atoms with van der Waals surface area (Å²) < 4.78 is 0. The normalized spacial score (nSPS) is 11.9. The molecule has 0 bridgehead atoms. The number of hydrogen-bond acceptors (Lipinski definition) is 2. The van der Waals surface area contributed by atoms with Gasteiger partial charge in [-0.15, -0.1) is 0 Å². The highest BCUT2D eigenvalue weighted by molar-refractivity contribution is 6.35. The third-order valence-electron chi connectivity index (χ3n) is 2.09. The van der Waals surface area contributed by atoms with E-state index >= 15 is 0 Å². The summed E-state index contributed by atoms with van der Waals surface area (Å²) in [6.07, 6.45) is -0.235. The summed E-state index contributed by atoms with van der Waals surface area (Å²) in [6, 6.07) is 4.05. The summed E-state index contributed by atoms with van der Waals surface area (Å²) >= 11 is 11.7. The van der Waals surface area contributed by atoms with E-state index in [9.17, 15) is 9.59 Å². The Balaban J connectivity index is 3.02. The molecule has 0 aromatic heterocycles. The van der Waals surface area contributed by atoms with Crippen LogP contribution in [0.5, 0.6) is 0 Å². The third kappa shape index (κ3) is 4.24. The van der Waals surface area contributed by atoms with Crippen LogP contribution in [0.3, 0.4) is 0 Å². The van der Waals surface area contributed by atoms with E-state index in [-0.39, 0.29) is 12.3 Å². The molecule has 17 heavy (non-hydrogen) atoms. The molecule has 6 heteroatoms. The monoisotopic (exact) mass is 275 g/mol. The zero-order valence-corrected chi connectivity index (χ0v) is 10.5. The highest BCUT2D eigenvalue weighted by atomic mass is 35.5. The van der Waals surface area contributed by atoms with Gasteiger partial charge in [0.2, 0.25) is 5.91 Å². The highest BCUT2D eigenvalue weighted by Gasteiger charge is 2.19. The topological polar surface area (TPSA) is 66.4 Å². The summed E-state index contributed by atoms with van der Waals surface area (Å²) in [5, 5.41) is 12.1. The highest BCUT2D eigenvalue weighted by Crippen LogP contribution is 2.28. The van der Waals surface area contributed by atoms with Crippen LogP contribution in [0.25, 0.3) is 0 Å². The van der Waals surface area contributed by atoms with E-state index in [1.165, 1.54) is 13.0 Å². The number of carboxylic acids is 1. The first-order valence-corrected chi connectivity index (χ1v) is 5.59. The first kappa shape index (κ1) is 13.8. The van der Waals surface area contributed by atoms with E-state index in [1.807, 2.05) is 0 Å². The van der Waals surface area contributed by atoms with Crippen LogP contribution in [0.15, 0.2) is 18.2 Å². The molecule has 1 amide bonds. The van der Waals surface area contributed by atoms with E-state index < -0.39 is 12.0 Å². The SMILES string of the molecule is CC(=O)NC(CC(=O)O)c1ccc(Cl)cc1Cl. The number of amides is 1. The Morgan fingerprint density at radius 1 is 1.41 bits per heavy atom. The van der Waals surface area contributed by atoms with Crippen LogP contribution >= 0.6 is 23.2 Å². The molecule has 0 aliphatic carbocycles. The van der Waals surface area contributed by atoms with Gasteiger partial charge in [0.15, 0.2) is 0 Å². The van der Waals surface area contributed by atoms with Crippen molar-refractivity contribution in [2.75, 3.05) is 0 Å². The summed E-state index contributed by atoms with van der Waals surface area (Å²) in [6.45, 7) is 1.32. The number of aliphatic carboxylic acids is 1. The number of benzene rings is 1. The van der Waals surface area contributed by atoms with Crippen LogP contribution in [0, 0.1) is 0 Å². The molecule has 0 aliphatic heterocycles. The van der Waals surface area contributed by atoms with Crippen LogP contribution in [0.4, 0.5) is 0 Å². The molecule has 1 aromatic carbocycles. The summed E-state index contributed by atoms with van der Waals surface area (Å²) in [5.41, 5.74) is 0.536. The second-order valence-electron chi connectivity index (χ2n) is 3.52. The van der Waals surface area contributed by atoms with E-state index in [2.05, 4.69) is 5.32 Å².